The van der Waals surface area contributed by atoms with Crippen molar-refractivity contribution in [2.24, 2.45) is 0 Å². The van der Waals surface area contributed by atoms with Crippen LogP contribution >= 0.6 is 11.8 Å². The minimum Gasteiger partial charge on any atom is -0.478 e. The molecule has 0 spiro atoms. The number of amides is 1. The monoisotopic (exact) mass is 453 g/mol. The van der Waals surface area contributed by atoms with Crippen LogP contribution in [0.25, 0.3) is 0 Å². The van der Waals surface area contributed by atoms with Gasteiger partial charge in [-0.3, -0.25) is 4.79 Å². The Balaban J connectivity index is 1.30. The third-order valence-electron chi connectivity index (χ3n) is 3.92. The normalized spacial score (nSPS) is 14.8. The number of thioether (sulfide) groups is 1. The number of fused-ring (bicyclic) bond motifs is 1. The SMILES string of the molecule is C[C@@H](Oc1ccccc1F)c1nnc(SCC(=O)Nc2ccc3c(c2)OC(F)(F)O3)o1. The molecule has 2 aromatic carbocycles. The van der Waals surface area contributed by atoms with Gasteiger partial charge in [-0.15, -0.1) is 19.0 Å². The van der Waals surface area contributed by atoms with E-state index >= 15 is 0 Å². The van der Waals surface area contributed by atoms with E-state index in [1.165, 1.54) is 36.4 Å². The Kier molecular flexibility index (Phi) is 5.63. The fourth-order valence-corrected chi connectivity index (χ4v) is 3.14. The highest BCUT2D eigenvalue weighted by Crippen LogP contribution is 2.42. The maximum absolute atomic E-state index is 13.7. The summed E-state index contributed by atoms with van der Waals surface area (Å²) in [7, 11) is 0. The average molecular weight is 453 g/mol. The molecule has 1 aliphatic heterocycles. The number of carbonyl (C=O) groups is 1. The Hall–Kier alpha value is -3.41. The van der Waals surface area contributed by atoms with E-state index in [9.17, 15) is 18.0 Å². The van der Waals surface area contributed by atoms with Crippen molar-refractivity contribution in [1.82, 2.24) is 10.2 Å². The molecule has 1 aliphatic rings. The van der Waals surface area contributed by atoms with Crippen LogP contribution in [0.15, 0.2) is 52.1 Å². The molecule has 0 fully saturated rings. The Morgan fingerprint density at radius 1 is 1.19 bits per heavy atom. The Morgan fingerprint density at radius 2 is 1.97 bits per heavy atom. The van der Waals surface area contributed by atoms with Crippen LogP contribution in [0.2, 0.25) is 0 Å². The first-order chi connectivity index (χ1) is 14.8. The van der Waals surface area contributed by atoms with Crippen molar-refractivity contribution in [3.63, 3.8) is 0 Å². The lowest BCUT2D eigenvalue weighted by molar-refractivity contribution is -0.286. The molecule has 0 saturated heterocycles. The number of para-hydroxylation sites is 1. The number of rotatable bonds is 7. The number of alkyl halides is 2. The molecule has 0 unspecified atom stereocenters. The van der Waals surface area contributed by atoms with Gasteiger partial charge in [0.15, 0.2) is 29.2 Å². The first-order valence-electron chi connectivity index (χ1n) is 8.86. The number of hydrogen-bond acceptors (Lipinski definition) is 8. The summed E-state index contributed by atoms with van der Waals surface area (Å²) in [5.74, 6) is -1.19. The summed E-state index contributed by atoms with van der Waals surface area (Å²) in [4.78, 5) is 12.1. The van der Waals surface area contributed by atoms with Crippen LogP contribution in [-0.2, 0) is 4.79 Å². The number of aromatic nitrogens is 2. The van der Waals surface area contributed by atoms with Gasteiger partial charge in [0.1, 0.15) is 0 Å². The molecule has 4 rings (SSSR count). The smallest absolute Gasteiger partial charge is 0.478 e. The number of nitrogens with zero attached hydrogens (tertiary/aromatic N) is 2. The molecule has 162 valence electrons. The zero-order valence-electron chi connectivity index (χ0n) is 15.8. The fraction of sp³-hybridized carbons (Fsp3) is 0.211. The number of anilines is 1. The Bertz CT molecular complexity index is 1110. The molecule has 0 saturated carbocycles. The predicted molar refractivity (Wildman–Crippen MR) is 102 cm³/mol. The summed E-state index contributed by atoms with van der Waals surface area (Å²) in [6, 6.07) is 9.80. The van der Waals surface area contributed by atoms with Crippen LogP contribution < -0.4 is 19.5 Å². The fourth-order valence-electron chi connectivity index (χ4n) is 2.58. The number of nitrogens with one attached hydrogen (secondary N) is 1. The second-order valence-corrected chi connectivity index (χ2v) is 7.19. The quantitative estimate of drug-likeness (QED) is 0.526. The summed E-state index contributed by atoms with van der Waals surface area (Å²) in [5.41, 5.74) is 0.253. The van der Waals surface area contributed by atoms with Crippen LogP contribution in [-0.4, -0.2) is 28.2 Å². The van der Waals surface area contributed by atoms with Gasteiger partial charge in [0, 0.05) is 11.8 Å². The van der Waals surface area contributed by atoms with E-state index in [-0.39, 0.29) is 39.8 Å². The van der Waals surface area contributed by atoms with E-state index in [1.807, 2.05) is 0 Å². The highest BCUT2D eigenvalue weighted by molar-refractivity contribution is 7.99. The molecule has 8 nitrogen and oxygen atoms in total. The molecule has 0 bridgehead atoms. The van der Waals surface area contributed by atoms with Crippen LogP contribution in [0, 0.1) is 5.82 Å². The van der Waals surface area contributed by atoms with Gasteiger partial charge in [-0.05, 0) is 31.2 Å². The Labute approximate surface area is 177 Å². The van der Waals surface area contributed by atoms with Gasteiger partial charge in [0.25, 0.3) is 11.1 Å². The molecule has 1 amide bonds. The lowest BCUT2D eigenvalue weighted by Crippen LogP contribution is -2.25. The van der Waals surface area contributed by atoms with E-state index < -0.39 is 24.1 Å². The van der Waals surface area contributed by atoms with Gasteiger partial charge < -0.3 is 23.9 Å². The Morgan fingerprint density at radius 3 is 2.77 bits per heavy atom. The molecule has 1 atom stereocenters. The summed E-state index contributed by atoms with van der Waals surface area (Å²) in [6.07, 6.45) is -4.44. The van der Waals surface area contributed by atoms with Gasteiger partial charge >= 0.3 is 6.29 Å². The number of hydrogen-bond donors (Lipinski definition) is 1. The largest absolute Gasteiger partial charge is 0.586 e. The first kappa shape index (κ1) is 20.8. The molecule has 2 heterocycles. The van der Waals surface area contributed by atoms with Gasteiger partial charge in [-0.25, -0.2) is 4.39 Å². The standard InChI is InChI=1S/C19H14F3N3O5S/c1-10(27-13-5-3-2-4-12(13)20)17-24-25-18(28-17)31-9-16(26)23-11-6-7-14-15(8-11)30-19(21,22)29-14/h2-8,10H,9H2,1H3,(H,23,26)/t10-/m1/s1. The number of halogens is 3. The second-order valence-electron chi connectivity index (χ2n) is 6.26. The molecular formula is C19H14F3N3O5S. The predicted octanol–water partition coefficient (Wildman–Crippen LogP) is 4.40. The van der Waals surface area contributed by atoms with Crippen LogP contribution in [0.5, 0.6) is 17.2 Å². The molecule has 0 radical (unpaired) electrons. The maximum atomic E-state index is 13.7. The van der Waals surface area contributed by atoms with Crippen molar-refractivity contribution in [3.8, 4) is 17.2 Å². The van der Waals surface area contributed by atoms with Crippen molar-refractivity contribution in [2.45, 2.75) is 24.5 Å². The number of benzene rings is 2. The van der Waals surface area contributed by atoms with E-state index in [2.05, 4.69) is 25.0 Å². The van der Waals surface area contributed by atoms with Crippen molar-refractivity contribution >= 4 is 23.4 Å². The van der Waals surface area contributed by atoms with E-state index in [0.29, 0.717) is 0 Å². The van der Waals surface area contributed by atoms with Crippen molar-refractivity contribution in [1.29, 1.82) is 0 Å². The zero-order valence-corrected chi connectivity index (χ0v) is 16.6. The number of carbonyl (C=O) groups excluding carboxylic acids is 1. The van der Waals surface area contributed by atoms with Gasteiger partial charge in [0.2, 0.25) is 5.91 Å². The first-order valence-corrected chi connectivity index (χ1v) is 9.85. The third kappa shape index (κ3) is 5.02. The molecule has 31 heavy (non-hydrogen) atoms. The lowest BCUT2D eigenvalue weighted by atomic mass is 10.3. The van der Waals surface area contributed by atoms with Crippen LogP contribution in [0.4, 0.5) is 18.9 Å². The lowest BCUT2D eigenvalue weighted by Gasteiger charge is -2.11. The average Bonchev–Trinajstić information content (AvgIpc) is 3.30. The highest BCUT2D eigenvalue weighted by atomic mass is 32.2. The van der Waals surface area contributed by atoms with Gasteiger partial charge in [0.05, 0.1) is 5.75 Å². The highest BCUT2D eigenvalue weighted by Gasteiger charge is 2.43. The van der Waals surface area contributed by atoms with Crippen LogP contribution in [0.1, 0.15) is 18.9 Å². The summed E-state index contributed by atoms with van der Waals surface area (Å²) in [5, 5.41) is 10.3. The molecular weight excluding hydrogens is 439 g/mol. The minimum atomic E-state index is -3.73. The van der Waals surface area contributed by atoms with E-state index in [4.69, 9.17) is 9.15 Å². The summed E-state index contributed by atoms with van der Waals surface area (Å²) in [6.45, 7) is 1.62. The van der Waals surface area contributed by atoms with E-state index in [0.717, 1.165) is 11.8 Å². The van der Waals surface area contributed by atoms with Crippen molar-refractivity contribution in [3.05, 3.63) is 54.2 Å². The van der Waals surface area contributed by atoms with Crippen molar-refractivity contribution < 1.29 is 36.6 Å². The molecule has 3 aromatic rings. The van der Waals surface area contributed by atoms with Crippen molar-refractivity contribution in [2.75, 3.05) is 11.1 Å². The second kappa shape index (κ2) is 8.38. The van der Waals surface area contributed by atoms with E-state index in [1.54, 1.807) is 13.0 Å². The summed E-state index contributed by atoms with van der Waals surface area (Å²) >= 11 is 0.963. The molecule has 12 heteroatoms. The summed E-state index contributed by atoms with van der Waals surface area (Å²) < 4.78 is 59.3. The zero-order chi connectivity index (χ0) is 22.0. The van der Waals surface area contributed by atoms with Gasteiger partial charge in [-0.2, -0.15) is 0 Å². The molecule has 0 aliphatic carbocycles. The molecule has 1 N–H and O–H groups in total. The van der Waals surface area contributed by atoms with Crippen LogP contribution in [0.3, 0.4) is 0 Å². The minimum absolute atomic E-state index is 0.0447. The molecule has 1 aromatic heterocycles. The number of ether oxygens (including phenoxy) is 3. The third-order valence-corrected chi connectivity index (χ3v) is 4.74. The van der Waals surface area contributed by atoms with Gasteiger partial charge in [-0.1, -0.05) is 23.9 Å². The maximum Gasteiger partial charge on any atom is 0.586 e. The topological polar surface area (TPSA) is 95.7 Å².